The molecule has 1 atom stereocenters. The van der Waals surface area contributed by atoms with Crippen molar-refractivity contribution in [2.75, 3.05) is 19.7 Å². The first-order valence-electron chi connectivity index (χ1n) is 14.1. The number of halogens is 2. The number of aromatic nitrogens is 2. The Morgan fingerprint density at radius 3 is 2.44 bits per heavy atom. The number of aliphatic hydroxyl groups is 1. The molecule has 1 aliphatic carbocycles. The Bertz CT molecular complexity index is 1500. The van der Waals surface area contributed by atoms with Gasteiger partial charge in [0.2, 0.25) is 6.41 Å². The predicted octanol–water partition coefficient (Wildman–Crippen LogP) is 4.02. The molecule has 1 unspecified atom stereocenters. The van der Waals surface area contributed by atoms with Crippen LogP contribution >= 0.6 is 0 Å². The largest absolute Gasteiger partial charge is 0.490 e. The highest BCUT2D eigenvalue weighted by Crippen LogP contribution is 2.31. The molecule has 11 heteroatoms. The Balaban J connectivity index is 1.58. The van der Waals surface area contributed by atoms with E-state index in [-0.39, 0.29) is 29.8 Å². The number of ether oxygens (including phenoxy) is 2. The molecule has 0 bridgehead atoms. The van der Waals surface area contributed by atoms with E-state index in [4.69, 9.17) is 9.47 Å². The first kappa shape index (κ1) is 28.8. The highest BCUT2D eigenvalue weighted by Gasteiger charge is 2.25. The van der Waals surface area contributed by atoms with E-state index >= 15 is 0 Å². The molecule has 9 nitrogen and oxygen atoms in total. The van der Waals surface area contributed by atoms with Crippen molar-refractivity contribution in [3.63, 3.8) is 0 Å². The Kier molecular flexibility index (Phi) is 8.72. The smallest absolute Gasteiger partial charge is 0.332 e. The number of likely N-dealkylation sites (tertiary alicyclic amines) is 1. The maximum absolute atomic E-state index is 13.9. The molecule has 3 aromatic rings. The van der Waals surface area contributed by atoms with Crippen molar-refractivity contribution in [3.8, 4) is 11.5 Å². The molecule has 2 fully saturated rings. The Labute approximate surface area is 235 Å². The lowest BCUT2D eigenvalue weighted by Gasteiger charge is -2.31. The van der Waals surface area contributed by atoms with Gasteiger partial charge in [-0.1, -0.05) is 12.1 Å². The van der Waals surface area contributed by atoms with Gasteiger partial charge < -0.3 is 19.5 Å². The SMILES string of the molecule is CC(O)c1ccc(Cn2c(=O)c3cc(OCC(F)F)ccc3n(C3CCN(C=O)CC3)c2=O)cc1OC1CCCC1. The van der Waals surface area contributed by atoms with Crippen LogP contribution in [0.4, 0.5) is 8.78 Å². The lowest BCUT2D eigenvalue weighted by atomic mass is 10.0. The van der Waals surface area contributed by atoms with Crippen molar-refractivity contribution >= 4 is 17.3 Å². The summed E-state index contributed by atoms with van der Waals surface area (Å²) in [7, 11) is 0. The molecule has 2 aromatic carbocycles. The number of nitrogens with zero attached hydrogens (tertiary/aromatic N) is 3. The molecule has 1 N–H and O–H groups in total. The second-order valence-electron chi connectivity index (χ2n) is 10.9. The zero-order chi connectivity index (χ0) is 29.1. The Morgan fingerprint density at radius 1 is 1.05 bits per heavy atom. The summed E-state index contributed by atoms with van der Waals surface area (Å²) >= 11 is 0. The lowest BCUT2D eigenvalue weighted by molar-refractivity contribution is -0.119. The first-order chi connectivity index (χ1) is 19.7. The molecule has 0 radical (unpaired) electrons. The summed E-state index contributed by atoms with van der Waals surface area (Å²) in [6, 6.07) is 9.45. The summed E-state index contributed by atoms with van der Waals surface area (Å²) in [6.07, 6.45) is 2.46. The van der Waals surface area contributed by atoms with Gasteiger partial charge >= 0.3 is 5.69 Å². The van der Waals surface area contributed by atoms with Crippen LogP contribution in [0.15, 0.2) is 46.0 Å². The number of aliphatic hydroxyl groups excluding tert-OH is 1. The standard InChI is InChI=1S/C30H35F2N3O6/c1-19(37)24-8-6-20(14-27(24)41-22-4-2-3-5-22)16-34-29(38)25-15-23(40-17-28(31)32)7-9-26(25)35(30(34)39)21-10-12-33(18-36)13-11-21/h6-9,14-15,18-19,21-22,28,37H,2-5,10-13,16-17H2,1H3. The number of fused-ring (bicyclic) bond motifs is 1. The van der Waals surface area contributed by atoms with Crippen LogP contribution in [0.5, 0.6) is 11.5 Å². The van der Waals surface area contributed by atoms with Gasteiger partial charge in [-0.3, -0.25) is 18.7 Å². The zero-order valence-corrected chi connectivity index (χ0v) is 23.0. The maximum Gasteiger partial charge on any atom is 0.332 e. The van der Waals surface area contributed by atoms with Crippen molar-refractivity contribution < 1.29 is 28.2 Å². The maximum atomic E-state index is 13.9. The fraction of sp³-hybridized carbons (Fsp3) is 0.500. The summed E-state index contributed by atoms with van der Waals surface area (Å²) in [5.74, 6) is 0.637. The fourth-order valence-corrected chi connectivity index (χ4v) is 5.85. The molecule has 2 aliphatic rings. The number of carbonyl (C=O) groups excluding carboxylic acids is 1. The van der Waals surface area contributed by atoms with Gasteiger partial charge in [0.15, 0.2) is 0 Å². The van der Waals surface area contributed by atoms with E-state index in [2.05, 4.69) is 0 Å². The van der Waals surface area contributed by atoms with E-state index in [1.54, 1.807) is 40.7 Å². The summed E-state index contributed by atoms with van der Waals surface area (Å²) in [4.78, 5) is 40.6. The van der Waals surface area contributed by atoms with E-state index in [1.807, 2.05) is 0 Å². The predicted molar refractivity (Wildman–Crippen MR) is 149 cm³/mol. The minimum absolute atomic E-state index is 0.0484. The van der Waals surface area contributed by atoms with Gasteiger partial charge in [0.05, 0.1) is 29.7 Å². The molecule has 220 valence electrons. The second kappa shape index (κ2) is 12.4. The van der Waals surface area contributed by atoms with Crippen LogP contribution < -0.4 is 20.7 Å². The lowest BCUT2D eigenvalue weighted by Crippen LogP contribution is -2.44. The van der Waals surface area contributed by atoms with Crippen LogP contribution in [-0.2, 0) is 11.3 Å². The van der Waals surface area contributed by atoms with Crippen molar-refractivity contribution in [3.05, 3.63) is 68.4 Å². The topological polar surface area (TPSA) is 103 Å². The van der Waals surface area contributed by atoms with Crippen molar-refractivity contribution in [1.29, 1.82) is 0 Å². The summed E-state index contributed by atoms with van der Waals surface area (Å²) < 4.78 is 39.7. The van der Waals surface area contributed by atoms with Crippen LogP contribution in [-0.4, -0.2) is 57.8 Å². The number of hydrogen-bond donors (Lipinski definition) is 1. The molecule has 1 saturated carbocycles. The highest BCUT2D eigenvalue weighted by atomic mass is 19.3. The first-order valence-corrected chi connectivity index (χ1v) is 14.1. The molecule has 2 heterocycles. The number of carbonyl (C=O) groups is 1. The van der Waals surface area contributed by atoms with Crippen LogP contribution in [0.2, 0.25) is 0 Å². The molecule has 1 aliphatic heterocycles. The van der Waals surface area contributed by atoms with Gasteiger partial charge in [0.1, 0.15) is 18.1 Å². The number of amides is 1. The minimum Gasteiger partial charge on any atom is -0.490 e. The van der Waals surface area contributed by atoms with Gasteiger partial charge in [-0.05, 0) is 75.3 Å². The van der Waals surface area contributed by atoms with Gasteiger partial charge in [0, 0.05) is 24.7 Å². The molecular formula is C30H35F2N3O6. The van der Waals surface area contributed by atoms with E-state index in [0.29, 0.717) is 48.3 Å². The third-order valence-corrected chi connectivity index (χ3v) is 7.99. The number of hydrogen-bond acceptors (Lipinski definition) is 6. The molecule has 41 heavy (non-hydrogen) atoms. The van der Waals surface area contributed by atoms with Crippen molar-refractivity contribution in [2.24, 2.45) is 0 Å². The van der Waals surface area contributed by atoms with Crippen LogP contribution in [0.1, 0.15) is 68.7 Å². The third-order valence-electron chi connectivity index (χ3n) is 7.99. The van der Waals surface area contributed by atoms with Crippen LogP contribution in [0.3, 0.4) is 0 Å². The fourth-order valence-electron chi connectivity index (χ4n) is 5.85. The van der Waals surface area contributed by atoms with E-state index < -0.39 is 30.4 Å². The second-order valence-corrected chi connectivity index (χ2v) is 10.9. The highest BCUT2D eigenvalue weighted by molar-refractivity contribution is 5.80. The summed E-state index contributed by atoms with van der Waals surface area (Å²) in [6.45, 7) is 1.73. The van der Waals surface area contributed by atoms with Crippen LogP contribution in [0, 0.1) is 0 Å². The summed E-state index contributed by atoms with van der Waals surface area (Å²) in [5, 5.41) is 10.5. The number of rotatable bonds is 10. The average Bonchev–Trinajstić information content (AvgIpc) is 3.48. The van der Waals surface area contributed by atoms with Gasteiger partial charge in [-0.2, -0.15) is 0 Å². The average molecular weight is 572 g/mol. The van der Waals surface area contributed by atoms with Gasteiger partial charge in [-0.25, -0.2) is 13.6 Å². The number of benzene rings is 2. The zero-order valence-electron chi connectivity index (χ0n) is 23.0. The van der Waals surface area contributed by atoms with E-state index in [9.17, 15) is 28.3 Å². The third kappa shape index (κ3) is 6.29. The Morgan fingerprint density at radius 2 is 1.78 bits per heavy atom. The molecule has 5 rings (SSSR count). The minimum atomic E-state index is -2.68. The quantitative estimate of drug-likeness (QED) is 0.369. The number of alkyl halides is 2. The molecule has 0 spiro atoms. The monoisotopic (exact) mass is 571 g/mol. The van der Waals surface area contributed by atoms with Crippen LogP contribution in [0.25, 0.3) is 10.9 Å². The van der Waals surface area contributed by atoms with E-state index in [0.717, 1.165) is 36.7 Å². The molecule has 1 saturated heterocycles. The van der Waals surface area contributed by atoms with Crippen molar-refractivity contribution in [2.45, 2.75) is 76.7 Å². The Hall–Kier alpha value is -3.73. The van der Waals surface area contributed by atoms with Crippen molar-refractivity contribution in [1.82, 2.24) is 14.0 Å². The summed E-state index contributed by atoms with van der Waals surface area (Å²) in [5.41, 5.74) is 0.609. The van der Waals surface area contributed by atoms with Gasteiger partial charge in [-0.15, -0.1) is 0 Å². The molecular weight excluding hydrogens is 536 g/mol. The molecule has 1 aromatic heterocycles. The molecule has 1 amide bonds. The normalized spacial score (nSPS) is 17.3. The number of piperidine rings is 1. The van der Waals surface area contributed by atoms with E-state index in [1.165, 1.54) is 12.1 Å². The van der Waals surface area contributed by atoms with Gasteiger partial charge in [0.25, 0.3) is 12.0 Å².